The van der Waals surface area contributed by atoms with E-state index in [0.29, 0.717) is 11.1 Å². The second-order valence-electron chi connectivity index (χ2n) is 3.70. The molecule has 21 heavy (non-hydrogen) atoms. The average Bonchev–Trinajstić information content (AvgIpc) is 2.37. The van der Waals surface area contributed by atoms with E-state index < -0.39 is 4.92 Å². The van der Waals surface area contributed by atoms with Crippen LogP contribution in [0.3, 0.4) is 0 Å². The second kappa shape index (κ2) is 6.31. The lowest BCUT2D eigenvalue weighted by Crippen LogP contribution is -2.04. The Morgan fingerprint density at radius 3 is 2.67 bits per heavy atom. The minimum Gasteiger partial charge on any atom is -0.464 e. The van der Waals surface area contributed by atoms with Crippen molar-refractivity contribution in [1.82, 2.24) is 15.0 Å². The van der Waals surface area contributed by atoms with Crippen molar-refractivity contribution in [3.8, 4) is 17.8 Å². The Labute approximate surface area is 127 Å². The van der Waals surface area contributed by atoms with Crippen molar-refractivity contribution in [1.29, 1.82) is 0 Å². The number of hydrogen-bond donors (Lipinski definition) is 1. The molecule has 1 aromatic heterocycles. The monoisotopic (exact) mass is 355 g/mol. The highest BCUT2D eigenvalue weighted by molar-refractivity contribution is 9.10. The van der Waals surface area contributed by atoms with Gasteiger partial charge in [-0.1, -0.05) is 15.9 Å². The molecular weight excluding hydrogens is 346 g/mol. The van der Waals surface area contributed by atoms with E-state index in [1.165, 1.54) is 18.2 Å². The van der Waals surface area contributed by atoms with Crippen molar-refractivity contribution < 1.29 is 14.4 Å². The summed E-state index contributed by atoms with van der Waals surface area (Å²) in [4.78, 5) is 21.7. The second-order valence-corrected chi connectivity index (χ2v) is 4.61. The lowest BCUT2D eigenvalue weighted by atomic mass is 10.3. The first-order valence-corrected chi connectivity index (χ1v) is 6.54. The van der Waals surface area contributed by atoms with Crippen molar-refractivity contribution in [2.75, 3.05) is 12.3 Å². The van der Waals surface area contributed by atoms with Gasteiger partial charge in [0.1, 0.15) is 5.75 Å². The molecule has 0 atom stereocenters. The number of ether oxygens (including phenoxy) is 2. The summed E-state index contributed by atoms with van der Waals surface area (Å²) in [6.07, 6.45) is 0. The van der Waals surface area contributed by atoms with Gasteiger partial charge in [-0.25, -0.2) is 0 Å². The number of halogens is 1. The molecule has 0 aliphatic rings. The smallest absolute Gasteiger partial charge is 0.330 e. The molecule has 0 saturated carbocycles. The summed E-state index contributed by atoms with van der Waals surface area (Å²) in [7, 11) is 0. The number of nitro groups is 1. The van der Waals surface area contributed by atoms with E-state index in [1.807, 2.05) is 0 Å². The van der Waals surface area contributed by atoms with E-state index in [0.717, 1.165) is 0 Å². The van der Waals surface area contributed by atoms with Gasteiger partial charge in [0.2, 0.25) is 5.95 Å². The van der Waals surface area contributed by atoms with Gasteiger partial charge in [-0.3, -0.25) is 10.1 Å². The SMILES string of the molecule is CCOc1nc(N)nc(Oc2cc(Br)cc([N+](=O)[O-])c2)n1. The minimum atomic E-state index is -0.537. The number of anilines is 1. The van der Waals surface area contributed by atoms with Gasteiger partial charge in [-0.15, -0.1) is 4.98 Å². The summed E-state index contributed by atoms with van der Waals surface area (Å²) in [6, 6.07) is 4.03. The molecule has 0 unspecified atom stereocenters. The molecule has 0 fully saturated rings. The fourth-order valence-electron chi connectivity index (χ4n) is 1.41. The lowest BCUT2D eigenvalue weighted by Gasteiger charge is -2.06. The highest BCUT2D eigenvalue weighted by Gasteiger charge is 2.12. The summed E-state index contributed by atoms with van der Waals surface area (Å²) in [5.74, 6) is 0.108. The lowest BCUT2D eigenvalue weighted by molar-refractivity contribution is -0.385. The molecule has 0 spiro atoms. The molecule has 0 amide bonds. The Bertz CT molecular complexity index is 682. The molecule has 2 rings (SSSR count). The molecule has 10 heteroatoms. The van der Waals surface area contributed by atoms with Crippen LogP contribution in [0.2, 0.25) is 0 Å². The highest BCUT2D eigenvalue weighted by atomic mass is 79.9. The van der Waals surface area contributed by atoms with Gasteiger partial charge in [0, 0.05) is 10.5 Å². The third-order valence-electron chi connectivity index (χ3n) is 2.16. The van der Waals surface area contributed by atoms with Crippen molar-refractivity contribution >= 4 is 27.6 Å². The van der Waals surface area contributed by atoms with Crippen molar-refractivity contribution in [3.63, 3.8) is 0 Å². The third kappa shape index (κ3) is 3.99. The first-order chi connectivity index (χ1) is 9.97. The maximum Gasteiger partial charge on any atom is 0.330 e. The van der Waals surface area contributed by atoms with Gasteiger partial charge in [-0.2, -0.15) is 9.97 Å². The van der Waals surface area contributed by atoms with E-state index in [2.05, 4.69) is 30.9 Å². The van der Waals surface area contributed by atoms with Crippen LogP contribution in [0.4, 0.5) is 11.6 Å². The number of nitrogens with zero attached hydrogens (tertiary/aromatic N) is 4. The Kier molecular flexibility index (Phi) is 4.48. The summed E-state index contributed by atoms with van der Waals surface area (Å²) in [5.41, 5.74) is 5.38. The summed E-state index contributed by atoms with van der Waals surface area (Å²) >= 11 is 3.16. The predicted molar refractivity (Wildman–Crippen MR) is 76.3 cm³/mol. The first kappa shape index (κ1) is 14.9. The number of nitro benzene ring substituents is 1. The molecule has 0 aliphatic heterocycles. The largest absolute Gasteiger partial charge is 0.464 e. The van der Waals surface area contributed by atoms with Gasteiger partial charge in [0.05, 0.1) is 17.6 Å². The number of benzene rings is 1. The molecule has 0 radical (unpaired) electrons. The molecule has 110 valence electrons. The number of aromatic nitrogens is 3. The zero-order chi connectivity index (χ0) is 15.4. The molecule has 1 heterocycles. The fourth-order valence-corrected chi connectivity index (χ4v) is 1.87. The van der Waals surface area contributed by atoms with E-state index in [4.69, 9.17) is 15.2 Å². The normalized spacial score (nSPS) is 10.2. The summed E-state index contributed by atoms with van der Waals surface area (Å²) in [5, 5.41) is 10.8. The van der Waals surface area contributed by atoms with Gasteiger partial charge < -0.3 is 15.2 Å². The van der Waals surface area contributed by atoms with Gasteiger partial charge in [-0.05, 0) is 13.0 Å². The van der Waals surface area contributed by atoms with Gasteiger partial charge in [0.15, 0.2) is 0 Å². The van der Waals surface area contributed by atoms with E-state index >= 15 is 0 Å². The molecule has 0 aliphatic carbocycles. The van der Waals surface area contributed by atoms with Crippen LogP contribution in [0.25, 0.3) is 0 Å². The van der Waals surface area contributed by atoms with Gasteiger partial charge >= 0.3 is 12.0 Å². The van der Waals surface area contributed by atoms with Crippen LogP contribution < -0.4 is 15.2 Å². The molecule has 2 N–H and O–H groups in total. The number of nitrogens with two attached hydrogens (primary N) is 1. The number of nitrogen functional groups attached to an aromatic ring is 1. The quantitative estimate of drug-likeness (QED) is 0.639. The number of rotatable bonds is 5. The molecule has 0 saturated heterocycles. The first-order valence-electron chi connectivity index (χ1n) is 5.75. The average molecular weight is 356 g/mol. The Balaban J connectivity index is 2.31. The zero-order valence-corrected chi connectivity index (χ0v) is 12.4. The molecule has 9 nitrogen and oxygen atoms in total. The highest BCUT2D eigenvalue weighted by Crippen LogP contribution is 2.28. The Hall–Kier alpha value is -2.49. The van der Waals surface area contributed by atoms with Crippen LogP contribution in [-0.2, 0) is 0 Å². The van der Waals surface area contributed by atoms with Crippen molar-refractivity contribution in [2.45, 2.75) is 6.92 Å². The zero-order valence-electron chi connectivity index (χ0n) is 10.8. The topological polar surface area (TPSA) is 126 Å². The Morgan fingerprint density at radius 1 is 1.29 bits per heavy atom. The van der Waals surface area contributed by atoms with Gasteiger partial charge in [0.25, 0.3) is 5.69 Å². The van der Waals surface area contributed by atoms with Crippen LogP contribution >= 0.6 is 15.9 Å². The summed E-state index contributed by atoms with van der Waals surface area (Å²) in [6.45, 7) is 2.11. The maximum absolute atomic E-state index is 10.8. The van der Waals surface area contributed by atoms with Crippen molar-refractivity contribution in [2.24, 2.45) is 0 Å². The molecular formula is C11H10BrN5O4. The van der Waals surface area contributed by atoms with E-state index in [9.17, 15) is 10.1 Å². The molecule has 1 aromatic carbocycles. The van der Waals surface area contributed by atoms with Crippen LogP contribution in [0.1, 0.15) is 6.92 Å². The van der Waals surface area contributed by atoms with Crippen LogP contribution in [-0.4, -0.2) is 26.5 Å². The molecule has 0 bridgehead atoms. The van der Waals surface area contributed by atoms with E-state index in [1.54, 1.807) is 6.92 Å². The standard InChI is InChI=1S/C11H10BrN5O4/c1-2-20-10-14-9(13)15-11(16-10)21-8-4-6(12)3-7(5-8)17(18)19/h3-5H,2H2,1H3,(H2,13,14,15,16). The third-order valence-corrected chi connectivity index (χ3v) is 2.62. The maximum atomic E-state index is 10.8. The van der Waals surface area contributed by atoms with Crippen LogP contribution in [0.5, 0.6) is 17.8 Å². The van der Waals surface area contributed by atoms with Crippen LogP contribution in [0, 0.1) is 10.1 Å². The fraction of sp³-hybridized carbons (Fsp3) is 0.182. The predicted octanol–water partition coefficient (Wildman–Crippen LogP) is 2.32. The van der Waals surface area contributed by atoms with E-state index in [-0.39, 0.29) is 29.4 Å². The van der Waals surface area contributed by atoms with Crippen molar-refractivity contribution in [3.05, 3.63) is 32.8 Å². The number of hydrogen-bond acceptors (Lipinski definition) is 8. The Morgan fingerprint density at radius 2 is 2.00 bits per heavy atom. The van der Waals surface area contributed by atoms with Crippen LogP contribution in [0.15, 0.2) is 22.7 Å². The number of non-ortho nitro benzene ring substituents is 1. The summed E-state index contributed by atoms with van der Waals surface area (Å²) < 4.78 is 11.0. The molecule has 2 aromatic rings. The minimum absolute atomic E-state index is 0.0181.